The van der Waals surface area contributed by atoms with Gasteiger partial charge in [0.25, 0.3) is 11.5 Å². The van der Waals surface area contributed by atoms with Crippen LogP contribution in [0.25, 0.3) is 22.4 Å². The Morgan fingerprint density at radius 2 is 1.79 bits per heavy atom. The third kappa shape index (κ3) is 4.53. The lowest BCUT2D eigenvalue weighted by atomic mass is 10.0. The number of carbonyl (C=O) groups excluding carboxylic acids is 1. The van der Waals surface area contributed by atoms with Crippen LogP contribution in [0, 0.1) is 6.92 Å². The van der Waals surface area contributed by atoms with Crippen LogP contribution in [0.4, 0.5) is 13.2 Å². The van der Waals surface area contributed by atoms with E-state index < -0.39 is 28.9 Å². The van der Waals surface area contributed by atoms with Gasteiger partial charge in [0.15, 0.2) is 0 Å². The molecule has 11 heteroatoms. The summed E-state index contributed by atoms with van der Waals surface area (Å²) in [6.07, 6.45) is -1.61. The summed E-state index contributed by atoms with van der Waals surface area (Å²) in [5, 5.41) is 4.06. The highest BCUT2D eigenvalue weighted by Gasteiger charge is 2.36. The van der Waals surface area contributed by atoms with Crippen molar-refractivity contribution in [2.24, 2.45) is 5.73 Å². The van der Waals surface area contributed by atoms with Crippen LogP contribution in [0.3, 0.4) is 0 Å². The van der Waals surface area contributed by atoms with E-state index in [2.05, 4.69) is 10.1 Å². The Kier molecular flexibility index (Phi) is 5.93. The van der Waals surface area contributed by atoms with Crippen LogP contribution in [0.5, 0.6) is 5.75 Å². The molecule has 0 aliphatic heterocycles. The number of hydrogen-bond donors (Lipinski definition) is 2. The van der Waals surface area contributed by atoms with E-state index >= 15 is 0 Å². The van der Waals surface area contributed by atoms with Gasteiger partial charge in [0.1, 0.15) is 35.1 Å². The van der Waals surface area contributed by atoms with E-state index in [1.807, 2.05) is 0 Å². The lowest BCUT2D eigenvalue weighted by Gasteiger charge is -2.14. The van der Waals surface area contributed by atoms with Gasteiger partial charge < -0.3 is 20.0 Å². The number of aromatic nitrogens is 3. The molecule has 3 heterocycles. The molecule has 1 aromatic carbocycles. The van der Waals surface area contributed by atoms with Gasteiger partial charge in [-0.1, -0.05) is 17.3 Å². The summed E-state index contributed by atoms with van der Waals surface area (Å²) in [4.78, 5) is 29.0. The predicted octanol–water partition coefficient (Wildman–Crippen LogP) is 4.10. The summed E-state index contributed by atoms with van der Waals surface area (Å²) in [5.74, 6) is -0.200. The Hall–Kier alpha value is -4.41. The standard InChI is InChI=1S/C23H17F3N4O4/c1-12-18(19(30-34-12)14-6-8-28-9-7-14)11-33-15-4-2-13(3-5-15)16-10-17(21(27)31)22(32)29-20(16)23(24,25)26/h2-10H,11H2,1H3,(H2,27,31)(H,29,32). The second kappa shape index (κ2) is 8.85. The molecule has 0 atom stereocenters. The normalized spacial score (nSPS) is 11.4. The van der Waals surface area contributed by atoms with E-state index in [1.165, 1.54) is 24.3 Å². The van der Waals surface area contributed by atoms with E-state index in [1.54, 1.807) is 36.4 Å². The largest absolute Gasteiger partial charge is 0.489 e. The van der Waals surface area contributed by atoms with Gasteiger partial charge in [-0.25, -0.2) is 0 Å². The number of rotatable bonds is 6. The molecule has 0 unspecified atom stereocenters. The van der Waals surface area contributed by atoms with Gasteiger partial charge in [-0.05, 0) is 42.8 Å². The number of nitrogens with one attached hydrogen (secondary N) is 1. The summed E-state index contributed by atoms with van der Waals surface area (Å²) in [7, 11) is 0. The van der Waals surface area contributed by atoms with Crippen molar-refractivity contribution in [1.82, 2.24) is 15.1 Å². The van der Waals surface area contributed by atoms with Crippen LogP contribution in [-0.4, -0.2) is 21.0 Å². The maximum absolute atomic E-state index is 13.5. The number of hydrogen-bond acceptors (Lipinski definition) is 6. The molecule has 1 amide bonds. The Balaban J connectivity index is 1.61. The maximum Gasteiger partial charge on any atom is 0.431 e. The van der Waals surface area contributed by atoms with Crippen LogP contribution in [0.1, 0.15) is 27.4 Å². The van der Waals surface area contributed by atoms with Crippen molar-refractivity contribution in [3.8, 4) is 28.1 Å². The molecule has 0 aliphatic rings. The van der Waals surface area contributed by atoms with Gasteiger partial charge in [-0.2, -0.15) is 13.2 Å². The molecule has 8 nitrogen and oxygen atoms in total. The van der Waals surface area contributed by atoms with E-state index in [-0.39, 0.29) is 17.7 Å². The molecule has 0 bridgehead atoms. The van der Waals surface area contributed by atoms with Gasteiger partial charge in [0, 0.05) is 23.5 Å². The molecule has 0 aliphatic carbocycles. The SMILES string of the molecule is Cc1onc(-c2ccncc2)c1COc1ccc(-c2cc(C(N)=O)c(=O)[nH]c2C(F)(F)F)cc1. The number of aromatic amines is 1. The number of benzene rings is 1. The first-order valence-electron chi connectivity index (χ1n) is 9.88. The number of aryl methyl sites for hydroxylation is 1. The zero-order valence-corrected chi connectivity index (χ0v) is 17.6. The van der Waals surface area contributed by atoms with Crippen LogP contribution in [0.15, 0.2) is 64.2 Å². The molecule has 0 fully saturated rings. The molecule has 3 aromatic heterocycles. The second-order valence-electron chi connectivity index (χ2n) is 7.28. The molecule has 3 N–H and O–H groups in total. The minimum atomic E-state index is -4.85. The fourth-order valence-corrected chi connectivity index (χ4v) is 3.35. The van der Waals surface area contributed by atoms with Gasteiger partial charge in [-0.15, -0.1) is 0 Å². The Labute approximate surface area is 190 Å². The van der Waals surface area contributed by atoms with E-state index in [9.17, 15) is 22.8 Å². The quantitative estimate of drug-likeness (QED) is 0.437. The molecule has 0 saturated carbocycles. The summed E-state index contributed by atoms with van der Waals surface area (Å²) >= 11 is 0. The lowest BCUT2D eigenvalue weighted by molar-refractivity contribution is -0.140. The van der Waals surface area contributed by atoms with Crippen LogP contribution in [0.2, 0.25) is 0 Å². The minimum Gasteiger partial charge on any atom is -0.489 e. The van der Waals surface area contributed by atoms with Crippen LogP contribution in [-0.2, 0) is 12.8 Å². The molecule has 4 aromatic rings. The van der Waals surface area contributed by atoms with Gasteiger partial charge in [0.2, 0.25) is 0 Å². The highest BCUT2D eigenvalue weighted by molar-refractivity contribution is 5.94. The number of pyridine rings is 2. The topological polar surface area (TPSA) is 124 Å². The first-order chi connectivity index (χ1) is 16.1. The minimum absolute atomic E-state index is 0.102. The summed E-state index contributed by atoms with van der Waals surface area (Å²) in [6, 6.07) is 10.1. The van der Waals surface area contributed by atoms with Gasteiger partial charge in [0.05, 0.1) is 5.56 Å². The molecular weight excluding hydrogens is 453 g/mol. The van der Waals surface area contributed by atoms with Crippen molar-refractivity contribution >= 4 is 5.91 Å². The number of carbonyl (C=O) groups is 1. The first-order valence-corrected chi connectivity index (χ1v) is 9.88. The third-order valence-corrected chi connectivity index (χ3v) is 5.08. The highest BCUT2D eigenvalue weighted by Crippen LogP contribution is 2.36. The zero-order valence-electron chi connectivity index (χ0n) is 17.6. The molecule has 0 spiro atoms. The first kappa shape index (κ1) is 22.8. The van der Waals surface area contributed by atoms with Gasteiger partial charge >= 0.3 is 6.18 Å². The number of nitrogens with zero attached hydrogens (tertiary/aromatic N) is 2. The Bertz CT molecular complexity index is 1390. The lowest BCUT2D eigenvalue weighted by Crippen LogP contribution is -2.27. The number of nitrogens with two attached hydrogens (primary N) is 1. The number of alkyl halides is 3. The zero-order chi connectivity index (χ0) is 24.5. The highest BCUT2D eigenvalue weighted by atomic mass is 19.4. The Morgan fingerprint density at radius 3 is 2.41 bits per heavy atom. The number of amides is 1. The number of ether oxygens (including phenoxy) is 1. The molecule has 174 valence electrons. The number of H-pyrrole nitrogens is 1. The molecular formula is C23H17F3N4O4. The molecule has 0 radical (unpaired) electrons. The molecule has 4 rings (SSSR count). The predicted molar refractivity (Wildman–Crippen MR) is 115 cm³/mol. The second-order valence-corrected chi connectivity index (χ2v) is 7.28. The number of primary amides is 1. The summed E-state index contributed by atoms with van der Waals surface area (Å²) in [6.45, 7) is 1.84. The molecule has 0 saturated heterocycles. The smallest absolute Gasteiger partial charge is 0.431 e. The van der Waals surface area contributed by atoms with Crippen LogP contribution < -0.4 is 16.0 Å². The average Bonchev–Trinajstić information content (AvgIpc) is 3.18. The summed E-state index contributed by atoms with van der Waals surface area (Å²) in [5.41, 5.74) is 3.88. The fourth-order valence-electron chi connectivity index (χ4n) is 3.35. The van der Waals surface area contributed by atoms with Crippen molar-refractivity contribution < 1.29 is 27.2 Å². The third-order valence-electron chi connectivity index (χ3n) is 5.08. The van der Waals surface area contributed by atoms with E-state index in [4.69, 9.17) is 15.0 Å². The summed E-state index contributed by atoms with van der Waals surface area (Å²) < 4.78 is 51.5. The number of halogens is 3. The van der Waals surface area contributed by atoms with Crippen molar-refractivity contribution in [3.63, 3.8) is 0 Å². The average molecular weight is 470 g/mol. The fraction of sp³-hybridized carbons (Fsp3) is 0.130. The van der Waals surface area contributed by atoms with Crippen molar-refractivity contribution in [3.05, 3.63) is 87.8 Å². The van der Waals surface area contributed by atoms with E-state index in [0.29, 0.717) is 22.8 Å². The molecule has 34 heavy (non-hydrogen) atoms. The van der Waals surface area contributed by atoms with E-state index in [0.717, 1.165) is 11.6 Å². The van der Waals surface area contributed by atoms with Crippen LogP contribution >= 0.6 is 0 Å². The van der Waals surface area contributed by atoms with Crippen molar-refractivity contribution in [1.29, 1.82) is 0 Å². The monoisotopic (exact) mass is 470 g/mol. The van der Waals surface area contributed by atoms with Crippen molar-refractivity contribution in [2.75, 3.05) is 0 Å². The Morgan fingerprint density at radius 1 is 1.12 bits per heavy atom. The van der Waals surface area contributed by atoms with Crippen molar-refractivity contribution in [2.45, 2.75) is 19.7 Å². The van der Waals surface area contributed by atoms with Gasteiger partial charge in [-0.3, -0.25) is 14.6 Å². The maximum atomic E-state index is 13.5.